The van der Waals surface area contributed by atoms with Gasteiger partial charge in [-0.2, -0.15) is 0 Å². The Kier molecular flexibility index (Phi) is 5.69. The number of benzene rings is 2. The average Bonchev–Trinajstić information content (AvgIpc) is 2.73. The van der Waals surface area contributed by atoms with Gasteiger partial charge in [-0.3, -0.25) is 0 Å². The molecular formula is C22H27N3OS. The first kappa shape index (κ1) is 18.4. The van der Waals surface area contributed by atoms with Crippen LogP contribution in [0.4, 0.5) is 10.5 Å². The van der Waals surface area contributed by atoms with Crippen LogP contribution >= 0.6 is 11.8 Å². The molecule has 0 spiro atoms. The Hall–Kier alpha value is -1.98. The molecule has 4 rings (SSSR count). The van der Waals surface area contributed by atoms with Gasteiger partial charge in [-0.25, -0.2) is 4.79 Å². The number of thioether (sulfide) groups is 1. The Labute approximate surface area is 165 Å². The summed E-state index contributed by atoms with van der Waals surface area (Å²) in [6, 6.07) is 16.7. The summed E-state index contributed by atoms with van der Waals surface area (Å²) >= 11 is 1.74. The number of likely N-dealkylation sites (tertiary alicyclic amines) is 1. The summed E-state index contributed by atoms with van der Waals surface area (Å²) in [6.07, 6.45) is 5.97. The second-order valence-electron chi connectivity index (χ2n) is 7.29. The van der Waals surface area contributed by atoms with E-state index < -0.39 is 0 Å². The van der Waals surface area contributed by atoms with Crippen molar-refractivity contribution in [2.45, 2.75) is 30.2 Å². The average molecular weight is 382 g/mol. The van der Waals surface area contributed by atoms with Crippen LogP contribution in [0.2, 0.25) is 0 Å². The van der Waals surface area contributed by atoms with Gasteiger partial charge in [0.05, 0.1) is 6.04 Å². The van der Waals surface area contributed by atoms with Crippen molar-refractivity contribution < 1.29 is 4.79 Å². The number of nitrogens with zero attached hydrogens (tertiary/aromatic N) is 2. The normalized spacial score (nSPS) is 20.3. The van der Waals surface area contributed by atoms with E-state index in [2.05, 4.69) is 52.9 Å². The third-order valence-electron chi connectivity index (χ3n) is 5.59. The van der Waals surface area contributed by atoms with Crippen molar-refractivity contribution in [2.75, 3.05) is 37.8 Å². The minimum absolute atomic E-state index is 0.00487. The van der Waals surface area contributed by atoms with E-state index in [4.69, 9.17) is 0 Å². The van der Waals surface area contributed by atoms with E-state index in [0.717, 1.165) is 31.9 Å². The molecule has 0 aliphatic carbocycles. The number of piperidine rings is 1. The maximum absolute atomic E-state index is 13.0. The molecule has 2 amide bonds. The highest BCUT2D eigenvalue weighted by molar-refractivity contribution is 7.98. The van der Waals surface area contributed by atoms with Crippen LogP contribution in [0, 0.1) is 0 Å². The van der Waals surface area contributed by atoms with Crippen LogP contribution in [0.1, 0.15) is 36.4 Å². The summed E-state index contributed by atoms with van der Waals surface area (Å²) in [4.78, 5) is 18.7. The molecular weight excluding hydrogens is 354 g/mol. The SMILES string of the molecule is CSc1ccc2c(c1)C(c1ccccc1)N(CCN1CCCCC1)C(=O)N2. The molecule has 0 saturated carbocycles. The predicted molar refractivity (Wildman–Crippen MR) is 113 cm³/mol. The molecule has 1 fully saturated rings. The van der Waals surface area contributed by atoms with E-state index in [1.165, 1.54) is 35.3 Å². The van der Waals surface area contributed by atoms with E-state index in [0.29, 0.717) is 0 Å². The third-order valence-corrected chi connectivity index (χ3v) is 6.31. The van der Waals surface area contributed by atoms with E-state index in [1.54, 1.807) is 11.8 Å². The number of urea groups is 1. The van der Waals surface area contributed by atoms with E-state index in [-0.39, 0.29) is 12.1 Å². The van der Waals surface area contributed by atoms with Crippen LogP contribution in [0.5, 0.6) is 0 Å². The van der Waals surface area contributed by atoms with Crippen LogP contribution in [-0.2, 0) is 0 Å². The van der Waals surface area contributed by atoms with Gasteiger partial charge in [0.15, 0.2) is 0 Å². The van der Waals surface area contributed by atoms with Gasteiger partial charge >= 0.3 is 6.03 Å². The fraction of sp³-hybridized carbons (Fsp3) is 0.409. The van der Waals surface area contributed by atoms with Crippen molar-refractivity contribution in [2.24, 2.45) is 0 Å². The van der Waals surface area contributed by atoms with Crippen LogP contribution < -0.4 is 5.32 Å². The second-order valence-corrected chi connectivity index (χ2v) is 8.17. The largest absolute Gasteiger partial charge is 0.322 e. The zero-order valence-electron chi connectivity index (χ0n) is 15.9. The van der Waals surface area contributed by atoms with Crippen LogP contribution in [-0.4, -0.2) is 48.3 Å². The zero-order valence-corrected chi connectivity index (χ0v) is 16.7. The molecule has 1 atom stereocenters. The van der Waals surface area contributed by atoms with Crippen molar-refractivity contribution >= 4 is 23.5 Å². The van der Waals surface area contributed by atoms with Gasteiger partial charge in [0.25, 0.3) is 0 Å². The Bertz CT molecular complexity index is 789. The Morgan fingerprint density at radius 1 is 1.04 bits per heavy atom. The van der Waals surface area contributed by atoms with Gasteiger partial charge in [0.1, 0.15) is 0 Å². The molecule has 2 aromatic carbocycles. The molecule has 0 radical (unpaired) electrons. The molecule has 1 saturated heterocycles. The fourth-order valence-electron chi connectivity index (χ4n) is 4.14. The number of hydrogen-bond donors (Lipinski definition) is 1. The predicted octanol–water partition coefficient (Wildman–Crippen LogP) is 4.83. The first-order valence-electron chi connectivity index (χ1n) is 9.79. The molecule has 0 bridgehead atoms. The number of rotatable bonds is 5. The lowest BCUT2D eigenvalue weighted by Gasteiger charge is -2.39. The number of hydrogen-bond acceptors (Lipinski definition) is 3. The van der Waals surface area contributed by atoms with Gasteiger partial charge in [-0.15, -0.1) is 11.8 Å². The van der Waals surface area contributed by atoms with E-state index >= 15 is 0 Å². The smallest absolute Gasteiger partial charge is 0.312 e. The maximum Gasteiger partial charge on any atom is 0.322 e. The molecule has 0 aromatic heterocycles. The first-order valence-corrected chi connectivity index (χ1v) is 11.0. The van der Waals surface area contributed by atoms with Crippen molar-refractivity contribution in [3.05, 3.63) is 59.7 Å². The molecule has 2 heterocycles. The Morgan fingerprint density at radius 2 is 1.81 bits per heavy atom. The molecule has 2 aliphatic rings. The standard InChI is InChI=1S/C22H27N3OS/c1-27-18-10-11-20-19(16-18)21(17-8-4-2-5-9-17)25(22(26)23-20)15-14-24-12-6-3-7-13-24/h2,4-5,8-11,16,21H,3,6-7,12-15H2,1H3,(H,23,26). The summed E-state index contributed by atoms with van der Waals surface area (Å²) < 4.78 is 0. The van der Waals surface area contributed by atoms with Gasteiger partial charge < -0.3 is 15.1 Å². The second kappa shape index (κ2) is 8.36. The molecule has 4 nitrogen and oxygen atoms in total. The molecule has 1 N–H and O–H groups in total. The number of nitrogens with one attached hydrogen (secondary N) is 1. The molecule has 5 heteroatoms. The Balaban J connectivity index is 1.66. The lowest BCUT2D eigenvalue weighted by atomic mass is 9.94. The van der Waals surface area contributed by atoms with Crippen molar-refractivity contribution in [1.82, 2.24) is 9.80 Å². The van der Waals surface area contributed by atoms with Crippen LogP contribution in [0.15, 0.2) is 53.4 Å². The summed E-state index contributed by atoms with van der Waals surface area (Å²) in [5, 5.41) is 3.11. The number of amides is 2. The Morgan fingerprint density at radius 3 is 2.56 bits per heavy atom. The van der Waals surface area contributed by atoms with Gasteiger partial charge in [-0.05, 0) is 55.9 Å². The molecule has 142 valence electrons. The molecule has 2 aliphatic heterocycles. The summed E-state index contributed by atoms with van der Waals surface area (Å²) in [6.45, 7) is 3.99. The number of anilines is 1. The van der Waals surface area contributed by atoms with Gasteiger partial charge in [-0.1, -0.05) is 36.8 Å². The topological polar surface area (TPSA) is 35.6 Å². The highest BCUT2D eigenvalue weighted by atomic mass is 32.2. The number of carbonyl (C=O) groups excluding carboxylic acids is 1. The van der Waals surface area contributed by atoms with Crippen molar-refractivity contribution in [1.29, 1.82) is 0 Å². The third kappa shape index (κ3) is 3.99. The monoisotopic (exact) mass is 381 g/mol. The fourth-order valence-corrected chi connectivity index (χ4v) is 4.59. The van der Waals surface area contributed by atoms with Crippen molar-refractivity contribution in [3.63, 3.8) is 0 Å². The zero-order chi connectivity index (χ0) is 18.6. The summed E-state index contributed by atoms with van der Waals surface area (Å²) in [5.41, 5.74) is 3.29. The van der Waals surface area contributed by atoms with Crippen LogP contribution in [0.3, 0.4) is 0 Å². The summed E-state index contributed by atoms with van der Waals surface area (Å²) in [7, 11) is 0. The van der Waals surface area contributed by atoms with E-state index in [9.17, 15) is 4.79 Å². The lowest BCUT2D eigenvalue weighted by molar-refractivity contribution is 0.166. The van der Waals surface area contributed by atoms with Crippen LogP contribution in [0.25, 0.3) is 0 Å². The number of fused-ring (bicyclic) bond motifs is 1. The van der Waals surface area contributed by atoms with E-state index in [1.807, 2.05) is 17.0 Å². The lowest BCUT2D eigenvalue weighted by Crippen LogP contribution is -2.47. The molecule has 27 heavy (non-hydrogen) atoms. The molecule has 2 aromatic rings. The van der Waals surface area contributed by atoms with Gasteiger partial charge in [0.2, 0.25) is 0 Å². The highest BCUT2D eigenvalue weighted by Crippen LogP contribution is 2.39. The summed E-state index contributed by atoms with van der Waals surface area (Å²) in [5.74, 6) is 0. The van der Waals surface area contributed by atoms with Crippen molar-refractivity contribution in [3.8, 4) is 0 Å². The quantitative estimate of drug-likeness (QED) is 0.754. The molecule has 1 unspecified atom stereocenters. The van der Waals surface area contributed by atoms with Gasteiger partial charge in [0, 0.05) is 29.2 Å². The highest BCUT2D eigenvalue weighted by Gasteiger charge is 2.33. The minimum atomic E-state index is -0.0353. The maximum atomic E-state index is 13.0. The minimum Gasteiger partial charge on any atom is -0.312 e. The first-order chi connectivity index (χ1) is 13.3. The number of carbonyl (C=O) groups is 1.